The Labute approximate surface area is 214 Å². The number of halogens is 2. The van der Waals surface area contributed by atoms with Gasteiger partial charge in [-0.25, -0.2) is 4.79 Å². The number of carbonyl (C=O) groups excluding carboxylic acids is 1. The van der Waals surface area contributed by atoms with Crippen LogP contribution in [0.15, 0.2) is 36.4 Å². The van der Waals surface area contributed by atoms with Crippen molar-refractivity contribution in [3.05, 3.63) is 62.1 Å². The van der Waals surface area contributed by atoms with Crippen LogP contribution in [0.4, 0.5) is 21.9 Å². The van der Waals surface area contributed by atoms with Crippen LogP contribution in [0.1, 0.15) is 39.3 Å². The van der Waals surface area contributed by atoms with Crippen molar-refractivity contribution in [3.63, 3.8) is 0 Å². The van der Waals surface area contributed by atoms with Crippen LogP contribution >= 0.6 is 23.2 Å². The van der Waals surface area contributed by atoms with Crippen LogP contribution in [0.25, 0.3) is 0 Å². The fourth-order valence-corrected chi connectivity index (χ4v) is 4.54. The Morgan fingerprint density at radius 1 is 1.26 bits per heavy atom. The summed E-state index contributed by atoms with van der Waals surface area (Å²) in [5, 5.41) is 25.8. The first-order valence-electron chi connectivity index (χ1n) is 11.2. The van der Waals surface area contributed by atoms with Gasteiger partial charge in [-0.1, -0.05) is 29.3 Å². The zero-order chi connectivity index (χ0) is 25.9. The number of ether oxygens (including phenoxy) is 1. The van der Waals surface area contributed by atoms with E-state index in [9.17, 15) is 20.0 Å². The summed E-state index contributed by atoms with van der Waals surface area (Å²) in [5.74, 6) is 0. The largest absolute Gasteiger partial charge is 0.444 e. The number of hydrogen-bond acceptors (Lipinski definition) is 7. The number of carbonyl (C=O) groups is 1. The number of aliphatic hydroxyl groups excluding tert-OH is 1. The molecular formula is C24H30Cl2N4O5. The SMILES string of the molecule is C[C@@H](Nc1cc(N2CCN(C(=O)OC(C)(C)C)[C@H](CO)C2)ccc1[N+](=O)[O-])c1ccc(Cl)cc1Cl. The average Bonchev–Trinajstić information content (AvgIpc) is 2.77. The minimum absolute atomic E-state index is 0.0724. The molecule has 1 aliphatic heterocycles. The van der Waals surface area contributed by atoms with E-state index >= 15 is 0 Å². The summed E-state index contributed by atoms with van der Waals surface area (Å²) in [6, 6.07) is 9.13. The first kappa shape index (κ1) is 26.8. The molecule has 1 heterocycles. The molecule has 2 aromatic carbocycles. The Balaban J connectivity index is 1.82. The predicted octanol–water partition coefficient (Wildman–Crippen LogP) is 5.49. The quantitative estimate of drug-likeness (QED) is 0.379. The van der Waals surface area contributed by atoms with Crippen LogP contribution in [0, 0.1) is 10.1 Å². The minimum atomic E-state index is -0.642. The maximum atomic E-state index is 12.6. The van der Waals surface area contributed by atoms with Gasteiger partial charge in [0.25, 0.3) is 5.69 Å². The Kier molecular flexibility index (Phi) is 8.35. The van der Waals surface area contributed by atoms with Crippen molar-refractivity contribution in [2.75, 3.05) is 36.5 Å². The molecule has 1 fully saturated rings. The van der Waals surface area contributed by atoms with E-state index in [2.05, 4.69) is 5.32 Å². The van der Waals surface area contributed by atoms with Crippen molar-refractivity contribution >= 4 is 46.4 Å². The zero-order valence-corrected chi connectivity index (χ0v) is 21.6. The minimum Gasteiger partial charge on any atom is -0.444 e. The summed E-state index contributed by atoms with van der Waals surface area (Å²) >= 11 is 12.3. The number of amides is 1. The Hall–Kier alpha value is -2.75. The molecule has 0 radical (unpaired) electrons. The fraction of sp³-hybridized carbons (Fsp3) is 0.458. The number of nitrogens with zero attached hydrogens (tertiary/aromatic N) is 3. The summed E-state index contributed by atoms with van der Waals surface area (Å²) in [6.07, 6.45) is -0.476. The van der Waals surface area contributed by atoms with E-state index in [0.717, 1.165) is 11.3 Å². The fourth-order valence-electron chi connectivity index (χ4n) is 3.97. The number of nitro groups is 1. The number of nitrogens with one attached hydrogen (secondary N) is 1. The first-order valence-corrected chi connectivity index (χ1v) is 12.0. The van der Waals surface area contributed by atoms with E-state index in [0.29, 0.717) is 35.4 Å². The molecule has 2 atom stereocenters. The molecule has 0 aliphatic carbocycles. The van der Waals surface area contributed by atoms with Crippen molar-refractivity contribution in [1.82, 2.24) is 4.90 Å². The number of piperazine rings is 1. The van der Waals surface area contributed by atoms with E-state index in [1.165, 1.54) is 11.0 Å². The number of benzene rings is 2. The van der Waals surface area contributed by atoms with Crippen LogP contribution in [0.5, 0.6) is 0 Å². The van der Waals surface area contributed by atoms with Gasteiger partial charge in [0, 0.05) is 41.4 Å². The van der Waals surface area contributed by atoms with Gasteiger partial charge in [0.05, 0.1) is 23.6 Å². The molecule has 2 aromatic rings. The lowest BCUT2D eigenvalue weighted by Gasteiger charge is -2.42. The zero-order valence-electron chi connectivity index (χ0n) is 20.1. The number of hydrogen-bond donors (Lipinski definition) is 2. The number of aliphatic hydroxyl groups is 1. The van der Waals surface area contributed by atoms with Crippen LogP contribution in [0.2, 0.25) is 10.0 Å². The Morgan fingerprint density at radius 3 is 2.57 bits per heavy atom. The summed E-state index contributed by atoms with van der Waals surface area (Å²) in [5.41, 5.74) is 1.10. The Morgan fingerprint density at radius 2 is 1.97 bits per heavy atom. The molecule has 3 rings (SSSR count). The Bertz CT molecular complexity index is 1090. The molecule has 35 heavy (non-hydrogen) atoms. The molecule has 1 amide bonds. The van der Waals surface area contributed by atoms with Crippen LogP contribution in [-0.4, -0.2) is 58.9 Å². The molecule has 190 valence electrons. The van der Waals surface area contributed by atoms with Crippen molar-refractivity contribution in [1.29, 1.82) is 0 Å². The highest BCUT2D eigenvalue weighted by molar-refractivity contribution is 6.35. The molecule has 0 bridgehead atoms. The maximum Gasteiger partial charge on any atom is 0.410 e. The summed E-state index contributed by atoms with van der Waals surface area (Å²) < 4.78 is 5.47. The van der Waals surface area contributed by atoms with E-state index in [1.807, 2.05) is 11.8 Å². The third-order valence-corrected chi connectivity index (χ3v) is 6.23. The molecule has 0 aromatic heterocycles. The number of anilines is 2. The lowest BCUT2D eigenvalue weighted by atomic mass is 10.1. The van der Waals surface area contributed by atoms with E-state index in [4.69, 9.17) is 27.9 Å². The summed E-state index contributed by atoms with van der Waals surface area (Å²) in [6.45, 7) is 8.16. The third-order valence-electron chi connectivity index (χ3n) is 5.66. The molecule has 1 aliphatic rings. The second-order valence-electron chi connectivity index (χ2n) is 9.45. The summed E-state index contributed by atoms with van der Waals surface area (Å²) in [4.78, 5) is 27.3. The molecule has 9 nitrogen and oxygen atoms in total. The van der Waals surface area contributed by atoms with E-state index in [1.54, 1.807) is 51.1 Å². The van der Waals surface area contributed by atoms with Gasteiger partial charge in [0.1, 0.15) is 11.3 Å². The molecule has 0 spiro atoms. The highest BCUT2D eigenvalue weighted by Gasteiger charge is 2.33. The van der Waals surface area contributed by atoms with Crippen LogP contribution in [0.3, 0.4) is 0 Å². The topological polar surface area (TPSA) is 108 Å². The molecule has 1 saturated heterocycles. The molecule has 11 heteroatoms. The standard InChI is InChI=1S/C24H30Cl2N4O5/c1-15(19-7-5-16(25)11-20(19)26)27-21-12-17(6-8-22(21)30(33)34)28-9-10-29(18(13-28)14-31)23(32)35-24(2,3)4/h5-8,11-12,15,18,27,31H,9-10,13-14H2,1-4H3/t15-,18+/m1/s1. The highest BCUT2D eigenvalue weighted by atomic mass is 35.5. The van der Waals surface area contributed by atoms with Gasteiger partial charge in [-0.3, -0.25) is 15.0 Å². The van der Waals surface area contributed by atoms with Gasteiger partial charge in [0.2, 0.25) is 0 Å². The first-order chi connectivity index (χ1) is 16.4. The normalized spacial score (nSPS) is 17.2. The second-order valence-corrected chi connectivity index (χ2v) is 10.3. The van der Waals surface area contributed by atoms with E-state index in [-0.39, 0.29) is 18.3 Å². The predicted molar refractivity (Wildman–Crippen MR) is 138 cm³/mol. The molecule has 0 saturated carbocycles. The van der Waals surface area contributed by atoms with Gasteiger partial charge < -0.3 is 20.1 Å². The van der Waals surface area contributed by atoms with Gasteiger partial charge in [-0.2, -0.15) is 0 Å². The molecule has 0 unspecified atom stereocenters. The van der Waals surface area contributed by atoms with Crippen molar-refractivity contribution in [3.8, 4) is 0 Å². The lowest BCUT2D eigenvalue weighted by Crippen LogP contribution is -2.57. The van der Waals surface area contributed by atoms with Crippen LogP contribution < -0.4 is 10.2 Å². The van der Waals surface area contributed by atoms with Crippen molar-refractivity contribution in [2.45, 2.75) is 45.4 Å². The summed E-state index contributed by atoms with van der Waals surface area (Å²) in [7, 11) is 0. The van der Waals surface area contributed by atoms with Gasteiger partial charge in [-0.05, 0) is 57.5 Å². The third kappa shape index (κ3) is 6.68. The van der Waals surface area contributed by atoms with Gasteiger partial charge in [0.15, 0.2) is 0 Å². The second kappa shape index (κ2) is 10.9. The molecule has 2 N–H and O–H groups in total. The van der Waals surface area contributed by atoms with Gasteiger partial charge >= 0.3 is 6.09 Å². The highest BCUT2D eigenvalue weighted by Crippen LogP contribution is 2.35. The van der Waals surface area contributed by atoms with E-state index < -0.39 is 22.7 Å². The van der Waals surface area contributed by atoms with Crippen LogP contribution in [-0.2, 0) is 4.74 Å². The maximum absolute atomic E-state index is 12.6. The molecular weight excluding hydrogens is 495 g/mol. The number of rotatable bonds is 6. The monoisotopic (exact) mass is 524 g/mol. The van der Waals surface area contributed by atoms with Crippen molar-refractivity contribution in [2.24, 2.45) is 0 Å². The lowest BCUT2D eigenvalue weighted by molar-refractivity contribution is -0.384. The van der Waals surface area contributed by atoms with Crippen molar-refractivity contribution < 1.29 is 19.6 Å². The smallest absolute Gasteiger partial charge is 0.410 e. The number of nitro benzene ring substituents is 1. The average molecular weight is 525 g/mol. The van der Waals surface area contributed by atoms with Gasteiger partial charge in [-0.15, -0.1) is 0 Å².